The molecular weight excluding hydrogens is 258 g/mol. The van der Waals surface area contributed by atoms with E-state index in [9.17, 15) is 9.90 Å². The number of carboxylic acids is 1. The van der Waals surface area contributed by atoms with Crippen molar-refractivity contribution in [3.05, 3.63) is 35.5 Å². The molecule has 0 amide bonds. The average Bonchev–Trinajstić information content (AvgIpc) is 2.26. The molecule has 0 aliphatic carbocycles. The number of aromatic carboxylic acids is 1. The molecule has 100 valence electrons. The summed E-state index contributed by atoms with van der Waals surface area (Å²) in [5.41, 5.74) is 1.77. The van der Waals surface area contributed by atoms with Crippen molar-refractivity contribution < 1.29 is 9.90 Å². The van der Waals surface area contributed by atoms with Crippen molar-refractivity contribution in [2.75, 3.05) is 0 Å². The SMILES string of the molecule is Cc1cc(C(=O)O)c2cc(SC(C)(C)C)ccc2n1. The average molecular weight is 275 g/mol. The highest BCUT2D eigenvalue weighted by Crippen LogP contribution is 2.34. The maximum Gasteiger partial charge on any atom is 0.336 e. The van der Waals surface area contributed by atoms with Crippen LogP contribution in [0.2, 0.25) is 0 Å². The normalized spacial score (nSPS) is 11.8. The van der Waals surface area contributed by atoms with Crippen LogP contribution in [0.5, 0.6) is 0 Å². The van der Waals surface area contributed by atoms with Crippen LogP contribution in [0.15, 0.2) is 29.2 Å². The number of rotatable bonds is 2. The molecule has 3 nitrogen and oxygen atoms in total. The topological polar surface area (TPSA) is 50.2 Å². The molecule has 19 heavy (non-hydrogen) atoms. The molecule has 1 aromatic heterocycles. The van der Waals surface area contributed by atoms with E-state index < -0.39 is 5.97 Å². The van der Waals surface area contributed by atoms with Crippen LogP contribution in [0.3, 0.4) is 0 Å². The van der Waals surface area contributed by atoms with Gasteiger partial charge in [0.1, 0.15) is 0 Å². The molecule has 0 saturated heterocycles. The highest BCUT2D eigenvalue weighted by Gasteiger charge is 2.15. The lowest BCUT2D eigenvalue weighted by atomic mass is 10.1. The molecule has 4 heteroatoms. The molecule has 1 aromatic carbocycles. The first-order valence-corrected chi connectivity index (χ1v) is 6.92. The van der Waals surface area contributed by atoms with E-state index in [1.165, 1.54) is 0 Å². The Kier molecular flexibility index (Phi) is 3.54. The number of hydrogen-bond acceptors (Lipinski definition) is 3. The van der Waals surface area contributed by atoms with Gasteiger partial charge in [-0.05, 0) is 31.2 Å². The second-order valence-electron chi connectivity index (χ2n) is 5.51. The minimum absolute atomic E-state index is 0.0924. The van der Waals surface area contributed by atoms with E-state index in [2.05, 4.69) is 25.8 Å². The van der Waals surface area contributed by atoms with Crippen molar-refractivity contribution in [1.82, 2.24) is 4.98 Å². The summed E-state index contributed by atoms with van der Waals surface area (Å²) in [6.07, 6.45) is 0. The molecule has 0 aliphatic rings. The van der Waals surface area contributed by atoms with Gasteiger partial charge in [-0.1, -0.05) is 20.8 Å². The van der Waals surface area contributed by atoms with Crippen molar-refractivity contribution in [2.45, 2.75) is 37.3 Å². The zero-order valence-corrected chi connectivity index (χ0v) is 12.3. The predicted molar refractivity (Wildman–Crippen MR) is 79.0 cm³/mol. The fourth-order valence-corrected chi connectivity index (χ4v) is 2.95. The van der Waals surface area contributed by atoms with E-state index in [1.54, 1.807) is 17.8 Å². The van der Waals surface area contributed by atoms with E-state index in [-0.39, 0.29) is 4.75 Å². The third-order valence-corrected chi connectivity index (χ3v) is 3.66. The van der Waals surface area contributed by atoms with Gasteiger partial charge in [0.2, 0.25) is 0 Å². The van der Waals surface area contributed by atoms with E-state index in [1.807, 2.05) is 25.1 Å². The monoisotopic (exact) mass is 275 g/mol. The maximum absolute atomic E-state index is 11.3. The number of benzene rings is 1. The van der Waals surface area contributed by atoms with Gasteiger partial charge in [0.25, 0.3) is 0 Å². The second kappa shape index (κ2) is 4.85. The number of nitrogens with zero attached hydrogens (tertiary/aromatic N) is 1. The van der Waals surface area contributed by atoms with Crippen LogP contribution in [-0.2, 0) is 0 Å². The second-order valence-corrected chi connectivity index (χ2v) is 7.41. The summed E-state index contributed by atoms with van der Waals surface area (Å²) in [4.78, 5) is 16.8. The summed E-state index contributed by atoms with van der Waals surface area (Å²) < 4.78 is 0.0924. The van der Waals surface area contributed by atoms with Crippen LogP contribution < -0.4 is 0 Å². The Bertz CT molecular complexity index is 644. The van der Waals surface area contributed by atoms with E-state index >= 15 is 0 Å². The third kappa shape index (κ3) is 3.26. The Balaban J connectivity index is 2.61. The molecule has 0 spiro atoms. The highest BCUT2D eigenvalue weighted by molar-refractivity contribution is 8.00. The number of aryl methyl sites for hydroxylation is 1. The molecule has 2 rings (SSSR count). The van der Waals surface area contributed by atoms with Gasteiger partial charge in [-0.15, -0.1) is 11.8 Å². The molecule has 0 saturated carbocycles. The van der Waals surface area contributed by atoms with E-state index in [0.717, 1.165) is 16.1 Å². The summed E-state index contributed by atoms with van der Waals surface area (Å²) in [6, 6.07) is 7.43. The Labute approximate surface area is 117 Å². The Morgan fingerprint density at radius 2 is 1.95 bits per heavy atom. The first kappa shape index (κ1) is 13.9. The molecule has 0 bridgehead atoms. The van der Waals surface area contributed by atoms with Gasteiger partial charge in [0.15, 0.2) is 0 Å². The largest absolute Gasteiger partial charge is 0.478 e. The van der Waals surface area contributed by atoms with Gasteiger partial charge in [0, 0.05) is 20.7 Å². The van der Waals surface area contributed by atoms with Crippen LogP contribution in [0.4, 0.5) is 0 Å². The zero-order valence-electron chi connectivity index (χ0n) is 11.5. The quantitative estimate of drug-likeness (QED) is 0.837. The first-order valence-electron chi connectivity index (χ1n) is 6.10. The number of thioether (sulfide) groups is 1. The summed E-state index contributed by atoms with van der Waals surface area (Å²) >= 11 is 1.72. The zero-order chi connectivity index (χ0) is 14.2. The van der Waals surface area contributed by atoms with Crippen LogP contribution >= 0.6 is 11.8 Å². The number of hydrogen-bond donors (Lipinski definition) is 1. The fourth-order valence-electron chi connectivity index (χ4n) is 1.93. The van der Waals surface area contributed by atoms with Gasteiger partial charge in [-0.2, -0.15) is 0 Å². The Hall–Kier alpha value is -1.55. The number of fused-ring (bicyclic) bond motifs is 1. The number of pyridine rings is 1. The van der Waals surface area contributed by atoms with Crippen LogP contribution in [-0.4, -0.2) is 20.8 Å². The van der Waals surface area contributed by atoms with Gasteiger partial charge < -0.3 is 5.11 Å². The van der Waals surface area contributed by atoms with Crippen molar-refractivity contribution in [3.8, 4) is 0 Å². The number of carboxylic acid groups (broad SMARTS) is 1. The molecule has 2 aromatic rings. The molecule has 0 radical (unpaired) electrons. The molecule has 0 aliphatic heterocycles. The van der Waals surface area contributed by atoms with Crippen molar-refractivity contribution in [1.29, 1.82) is 0 Å². The van der Waals surface area contributed by atoms with Gasteiger partial charge in [0.05, 0.1) is 11.1 Å². The molecule has 0 fully saturated rings. The van der Waals surface area contributed by atoms with Crippen molar-refractivity contribution in [2.24, 2.45) is 0 Å². The maximum atomic E-state index is 11.3. The molecule has 1 N–H and O–H groups in total. The van der Waals surface area contributed by atoms with E-state index in [0.29, 0.717) is 10.9 Å². The number of aromatic nitrogens is 1. The van der Waals surface area contributed by atoms with Crippen molar-refractivity contribution in [3.63, 3.8) is 0 Å². The fraction of sp³-hybridized carbons (Fsp3) is 0.333. The first-order chi connectivity index (χ1) is 8.76. The third-order valence-electron chi connectivity index (χ3n) is 2.56. The van der Waals surface area contributed by atoms with Gasteiger partial charge in [-0.3, -0.25) is 4.98 Å². The Morgan fingerprint density at radius 3 is 2.53 bits per heavy atom. The predicted octanol–water partition coefficient (Wildman–Crippen LogP) is 4.13. The van der Waals surface area contributed by atoms with Crippen LogP contribution in [0, 0.1) is 6.92 Å². The van der Waals surface area contributed by atoms with Crippen LogP contribution in [0.25, 0.3) is 10.9 Å². The minimum atomic E-state index is -0.909. The summed E-state index contributed by atoms with van der Waals surface area (Å²) in [7, 11) is 0. The molecular formula is C15H17NO2S. The summed E-state index contributed by atoms with van der Waals surface area (Å²) in [6.45, 7) is 8.21. The Morgan fingerprint density at radius 1 is 1.26 bits per heavy atom. The van der Waals surface area contributed by atoms with Crippen LogP contribution in [0.1, 0.15) is 36.8 Å². The summed E-state index contributed by atoms with van der Waals surface area (Å²) in [5, 5.41) is 10.00. The molecule has 0 atom stereocenters. The van der Waals surface area contributed by atoms with E-state index in [4.69, 9.17) is 0 Å². The minimum Gasteiger partial charge on any atom is -0.478 e. The smallest absolute Gasteiger partial charge is 0.336 e. The lowest BCUT2D eigenvalue weighted by Gasteiger charge is -2.18. The van der Waals surface area contributed by atoms with Crippen molar-refractivity contribution >= 4 is 28.6 Å². The lowest BCUT2D eigenvalue weighted by Crippen LogP contribution is -2.06. The number of carbonyl (C=O) groups is 1. The summed E-state index contributed by atoms with van der Waals surface area (Å²) in [5.74, 6) is -0.909. The molecule has 1 heterocycles. The van der Waals surface area contributed by atoms with Gasteiger partial charge in [-0.25, -0.2) is 4.79 Å². The lowest BCUT2D eigenvalue weighted by molar-refractivity contribution is 0.0699. The standard InChI is InChI=1S/C15H17NO2S/c1-9-7-12(14(17)18)11-8-10(19-15(2,3)4)5-6-13(11)16-9/h5-8H,1-4H3,(H,17,18). The highest BCUT2D eigenvalue weighted by atomic mass is 32.2. The van der Waals surface area contributed by atoms with Gasteiger partial charge >= 0.3 is 5.97 Å². The molecule has 0 unspecified atom stereocenters.